The Kier molecular flexibility index (Phi) is 4.36. The largest absolute Gasteiger partial charge is 0.456 e. The van der Waals surface area contributed by atoms with Crippen molar-refractivity contribution in [2.24, 2.45) is 0 Å². The number of hydrogen-bond acceptors (Lipinski definition) is 1. The molecule has 0 aliphatic heterocycles. The molecule has 3 heteroatoms. The molecule has 7 aromatic rings. The highest BCUT2D eigenvalue weighted by Gasteiger charge is 2.14. The quantitative estimate of drug-likeness (QED) is 0.197. The van der Waals surface area contributed by atoms with E-state index in [9.17, 15) is 0 Å². The van der Waals surface area contributed by atoms with Crippen molar-refractivity contribution in [2.45, 2.75) is 6.92 Å². The summed E-state index contributed by atoms with van der Waals surface area (Å²) in [6.07, 6.45) is 0. The Hall–Kier alpha value is -3.57. The molecule has 162 valence electrons. The summed E-state index contributed by atoms with van der Waals surface area (Å²) in [5.41, 5.74) is 9.18. The van der Waals surface area contributed by atoms with Gasteiger partial charge in [-0.25, -0.2) is 0 Å². The molecule has 0 fully saturated rings. The van der Waals surface area contributed by atoms with Gasteiger partial charge in [0.2, 0.25) is 0 Å². The van der Waals surface area contributed by atoms with Crippen molar-refractivity contribution in [2.75, 3.05) is 0 Å². The van der Waals surface area contributed by atoms with E-state index < -0.39 is 0 Å². The van der Waals surface area contributed by atoms with Crippen molar-refractivity contribution in [1.29, 1.82) is 0 Å². The van der Waals surface area contributed by atoms with Crippen LogP contribution in [0.4, 0.5) is 0 Å². The standard InChI is InChI=1S/C31H20INO/c1-19-7-11-28-24(15-19)25-16-20(8-12-29(25)33(28)23-5-3-2-4-6-23)21-9-13-30-26(17-21)27-18-22(32)10-14-31(27)34-30/h2-18H,1H3. The second kappa shape index (κ2) is 7.47. The number of aromatic nitrogens is 1. The third-order valence-corrected chi connectivity index (χ3v) is 7.37. The van der Waals surface area contributed by atoms with Crippen LogP contribution in [-0.4, -0.2) is 4.57 Å². The van der Waals surface area contributed by atoms with E-state index in [1.54, 1.807) is 0 Å². The highest BCUT2D eigenvalue weighted by atomic mass is 127. The molecule has 5 aromatic carbocycles. The maximum Gasteiger partial charge on any atom is 0.135 e. The Bertz CT molecular complexity index is 1870. The Morgan fingerprint density at radius 2 is 1.21 bits per heavy atom. The highest BCUT2D eigenvalue weighted by molar-refractivity contribution is 14.1. The number of halogens is 1. The molecular weight excluding hydrogens is 529 g/mol. The van der Waals surface area contributed by atoms with Gasteiger partial charge in [-0.3, -0.25) is 0 Å². The van der Waals surface area contributed by atoms with Crippen molar-refractivity contribution >= 4 is 66.3 Å². The Balaban J connectivity index is 1.49. The number of benzene rings is 5. The van der Waals surface area contributed by atoms with Crippen molar-refractivity contribution in [3.63, 3.8) is 0 Å². The van der Waals surface area contributed by atoms with E-state index in [1.807, 2.05) is 0 Å². The summed E-state index contributed by atoms with van der Waals surface area (Å²) < 4.78 is 9.66. The number of rotatable bonds is 2. The molecule has 34 heavy (non-hydrogen) atoms. The van der Waals surface area contributed by atoms with Crippen molar-refractivity contribution in [1.82, 2.24) is 4.57 Å². The molecule has 7 rings (SSSR count). The minimum atomic E-state index is 0.929. The zero-order chi connectivity index (χ0) is 22.8. The smallest absolute Gasteiger partial charge is 0.135 e. The van der Waals surface area contributed by atoms with Gasteiger partial charge in [0.1, 0.15) is 11.2 Å². The molecule has 0 saturated heterocycles. The molecule has 0 aliphatic carbocycles. The van der Waals surface area contributed by atoms with Gasteiger partial charge in [-0.15, -0.1) is 0 Å². The van der Waals surface area contributed by atoms with Crippen LogP contribution in [0.15, 0.2) is 108 Å². The summed E-state index contributed by atoms with van der Waals surface area (Å²) in [5, 5.41) is 4.88. The summed E-state index contributed by atoms with van der Waals surface area (Å²) in [7, 11) is 0. The van der Waals surface area contributed by atoms with Gasteiger partial charge in [-0.2, -0.15) is 0 Å². The Morgan fingerprint density at radius 3 is 2.00 bits per heavy atom. The molecule has 0 spiro atoms. The van der Waals surface area contributed by atoms with Crippen LogP contribution in [0.1, 0.15) is 5.56 Å². The van der Waals surface area contributed by atoms with E-state index in [4.69, 9.17) is 4.42 Å². The van der Waals surface area contributed by atoms with Crippen LogP contribution in [0.5, 0.6) is 0 Å². The molecule has 0 amide bonds. The third kappa shape index (κ3) is 3.00. The third-order valence-electron chi connectivity index (χ3n) is 6.70. The predicted octanol–water partition coefficient (Wildman–Crippen LogP) is 9.26. The first-order chi connectivity index (χ1) is 16.7. The van der Waals surface area contributed by atoms with Gasteiger partial charge in [-0.1, -0.05) is 42.0 Å². The fourth-order valence-corrected chi connectivity index (χ4v) is 5.59. The summed E-state index contributed by atoms with van der Waals surface area (Å²) in [6.45, 7) is 2.16. The minimum absolute atomic E-state index is 0.929. The minimum Gasteiger partial charge on any atom is -0.456 e. The van der Waals surface area contributed by atoms with Crippen LogP contribution in [-0.2, 0) is 0 Å². The molecule has 0 aliphatic rings. The normalized spacial score (nSPS) is 11.8. The number of para-hydroxylation sites is 1. The Morgan fingerprint density at radius 1 is 0.588 bits per heavy atom. The second-order valence-electron chi connectivity index (χ2n) is 8.88. The van der Waals surface area contributed by atoms with E-state index in [2.05, 4.69) is 137 Å². The van der Waals surface area contributed by atoms with Crippen LogP contribution in [0.2, 0.25) is 0 Å². The topological polar surface area (TPSA) is 18.1 Å². The molecule has 2 nitrogen and oxygen atoms in total. The lowest BCUT2D eigenvalue weighted by atomic mass is 10.0. The number of furan rings is 1. The summed E-state index contributed by atoms with van der Waals surface area (Å²) in [5.74, 6) is 0. The van der Waals surface area contributed by atoms with E-state index >= 15 is 0 Å². The van der Waals surface area contributed by atoms with Gasteiger partial charge in [0.05, 0.1) is 11.0 Å². The first kappa shape index (κ1) is 19.9. The maximum atomic E-state index is 6.09. The van der Waals surface area contributed by atoms with Crippen LogP contribution in [0, 0.1) is 10.5 Å². The lowest BCUT2D eigenvalue weighted by Gasteiger charge is -2.08. The zero-order valence-electron chi connectivity index (χ0n) is 18.5. The van der Waals surface area contributed by atoms with E-state index in [1.165, 1.54) is 53.1 Å². The molecule has 0 atom stereocenters. The van der Waals surface area contributed by atoms with Crippen molar-refractivity contribution in [3.8, 4) is 16.8 Å². The van der Waals surface area contributed by atoms with Gasteiger partial charge in [-0.05, 0) is 107 Å². The van der Waals surface area contributed by atoms with Crippen LogP contribution >= 0.6 is 22.6 Å². The fraction of sp³-hybridized carbons (Fsp3) is 0.0323. The molecule has 2 heterocycles. The first-order valence-corrected chi connectivity index (χ1v) is 12.5. The first-order valence-electron chi connectivity index (χ1n) is 11.4. The summed E-state index contributed by atoms with van der Waals surface area (Å²) in [6, 6.07) is 37.0. The molecular formula is C31H20INO. The second-order valence-corrected chi connectivity index (χ2v) is 10.1. The average molecular weight is 549 g/mol. The number of nitrogens with zero attached hydrogens (tertiary/aromatic N) is 1. The number of fused-ring (bicyclic) bond motifs is 6. The number of aryl methyl sites for hydroxylation is 1. The maximum absolute atomic E-state index is 6.09. The number of hydrogen-bond donors (Lipinski definition) is 0. The average Bonchev–Trinajstić information content (AvgIpc) is 3.38. The zero-order valence-corrected chi connectivity index (χ0v) is 20.7. The van der Waals surface area contributed by atoms with Gasteiger partial charge in [0.15, 0.2) is 0 Å². The van der Waals surface area contributed by atoms with Crippen LogP contribution in [0.3, 0.4) is 0 Å². The fourth-order valence-electron chi connectivity index (χ4n) is 5.10. The lowest BCUT2D eigenvalue weighted by molar-refractivity contribution is 0.669. The lowest BCUT2D eigenvalue weighted by Crippen LogP contribution is -1.93. The van der Waals surface area contributed by atoms with Gasteiger partial charge >= 0.3 is 0 Å². The molecule has 0 N–H and O–H groups in total. The van der Waals surface area contributed by atoms with E-state index in [0.29, 0.717) is 0 Å². The van der Waals surface area contributed by atoms with Gasteiger partial charge < -0.3 is 8.98 Å². The molecule has 0 bridgehead atoms. The Labute approximate surface area is 210 Å². The SMILES string of the molecule is Cc1ccc2c(c1)c1cc(-c3ccc4oc5ccc(I)cc5c4c3)ccc1n2-c1ccccc1. The van der Waals surface area contributed by atoms with Crippen molar-refractivity contribution in [3.05, 3.63) is 112 Å². The summed E-state index contributed by atoms with van der Waals surface area (Å²) >= 11 is 2.36. The highest BCUT2D eigenvalue weighted by Crippen LogP contribution is 2.37. The van der Waals surface area contributed by atoms with E-state index in [-0.39, 0.29) is 0 Å². The predicted molar refractivity (Wildman–Crippen MR) is 151 cm³/mol. The summed E-state index contributed by atoms with van der Waals surface area (Å²) in [4.78, 5) is 0. The van der Waals surface area contributed by atoms with Gasteiger partial charge in [0, 0.05) is 30.8 Å². The van der Waals surface area contributed by atoms with Crippen LogP contribution in [0.25, 0.3) is 60.6 Å². The molecule has 0 radical (unpaired) electrons. The van der Waals surface area contributed by atoms with E-state index in [0.717, 1.165) is 16.6 Å². The van der Waals surface area contributed by atoms with Crippen LogP contribution < -0.4 is 0 Å². The van der Waals surface area contributed by atoms with Crippen molar-refractivity contribution < 1.29 is 4.42 Å². The monoisotopic (exact) mass is 549 g/mol. The molecule has 0 unspecified atom stereocenters. The molecule has 2 aromatic heterocycles. The van der Waals surface area contributed by atoms with Gasteiger partial charge in [0.25, 0.3) is 0 Å². The molecule has 0 saturated carbocycles.